The average molecular weight is 717 g/mol. The van der Waals surface area contributed by atoms with Gasteiger partial charge in [-0.15, -0.1) is 0 Å². The molecule has 0 saturated carbocycles. The number of carbonyl (C=O) groups excluding carboxylic acids is 2. The molecule has 0 aliphatic carbocycles. The van der Waals surface area contributed by atoms with Gasteiger partial charge in [-0.05, 0) is 63.4 Å². The van der Waals surface area contributed by atoms with Crippen molar-refractivity contribution in [1.29, 1.82) is 0 Å². The summed E-state index contributed by atoms with van der Waals surface area (Å²) in [6.07, 6.45) is -1.72. The molecule has 6 rings (SSSR count). The first-order valence-electron chi connectivity index (χ1n) is 17.7. The number of carbonyl (C=O) groups is 3. The monoisotopic (exact) mass is 716 g/mol. The van der Waals surface area contributed by atoms with Crippen LogP contribution >= 0.6 is 0 Å². The molecular formula is C36H47F3N6O6. The fraction of sp³-hybridized carbons (Fsp3) is 0.611. The molecule has 1 N–H and O–H groups in total. The van der Waals surface area contributed by atoms with Crippen molar-refractivity contribution < 1.29 is 42.1 Å². The number of pyridine rings is 1. The molecule has 1 unspecified atom stereocenters. The number of fused-ring (bicyclic) bond motifs is 1. The molecule has 0 radical (unpaired) electrons. The number of alkyl halides is 2. The SMILES string of the molecule is CC1COc2nc(C(=O)N3CCC(F)(F)CC3)c(Cc3ccc(F)cc3)cc2N1C(=O)CN1C[C@@H](C)N(C(=O)O)C[C@@H]1CN1[C@H](C)COC[C@H]1C. The van der Waals surface area contributed by atoms with E-state index in [-0.39, 0.29) is 80.9 Å². The van der Waals surface area contributed by atoms with Crippen molar-refractivity contribution in [2.24, 2.45) is 0 Å². The molecule has 1 aromatic carbocycles. The number of rotatable bonds is 7. The lowest BCUT2D eigenvalue weighted by atomic mass is 10.00. The fourth-order valence-electron chi connectivity index (χ4n) is 7.66. The van der Waals surface area contributed by atoms with E-state index in [2.05, 4.69) is 28.6 Å². The summed E-state index contributed by atoms with van der Waals surface area (Å²) in [5, 5.41) is 9.96. The number of aromatic nitrogens is 1. The van der Waals surface area contributed by atoms with Gasteiger partial charge in [0.15, 0.2) is 0 Å². The van der Waals surface area contributed by atoms with Crippen LogP contribution in [0.5, 0.6) is 5.88 Å². The van der Waals surface area contributed by atoms with Crippen molar-refractivity contribution in [3.05, 3.63) is 53.0 Å². The van der Waals surface area contributed by atoms with Gasteiger partial charge in [0.1, 0.15) is 23.8 Å². The first kappa shape index (κ1) is 36.8. The fourth-order valence-corrected chi connectivity index (χ4v) is 7.66. The number of benzene rings is 1. The summed E-state index contributed by atoms with van der Waals surface area (Å²) in [7, 11) is 0. The minimum Gasteiger partial charge on any atom is -0.474 e. The zero-order valence-electron chi connectivity index (χ0n) is 29.6. The predicted molar refractivity (Wildman–Crippen MR) is 182 cm³/mol. The van der Waals surface area contributed by atoms with Crippen LogP contribution in [0.4, 0.5) is 23.7 Å². The van der Waals surface area contributed by atoms with Crippen LogP contribution in [0.25, 0.3) is 0 Å². The lowest BCUT2D eigenvalue weighted by molar-refractivity contribution is -0.122. The van der Waals surface area contributed by atoms with Crippen LogP contribution in [0.1, 0.15) is 62.2 Å². The number of hydrogen-bond donors (Lipinski definition) is 1. The van der Waals surface area contributed by atoms with E-state index in [0.29, 0.717) is 43.1 Å². The normalized spacial score (nSPS) is 27.1. The number of morpholine rings is 1. The Morgan fingerprint density at radius 1 is 0.941 bits per heavy atom. The number of halogens is 3. The zero-order chi connectivity index (χ0) is 36.6. The Kier molecular flexibility index (Phi) is 10.8. The van der Waals surface area contributed by atoms with Crippen molar-refractivity contribution in [1.82, 2.24) is 24.6 Å². The maximum atomic E-state index is 14.4. The van der Waals surface area contributed by atoms with E-state index in [1.165, 1.54) is 21.9 Å². The standard InChI is InChI=1S/C36H47F3N6O6/c1-22-15-42(29(17-44(22)35(48)49)16-43-23(2)19-50-20-24(43)3)18-31(46)45-25(4)21-51-33-30(45)14-27(13-26-5-7-28(37)8-6-26)32(40-33)34(47)41-11-9-36(38,39)10-12-41/h5-8,14,22-25,29H,9-13,15-21H2,1-4H3,(H,48,49)/t22-,23-,24-,25?,29+/m1/s1. The van der Waals surface area contributed by atoms with Gasteiger partial charge in [0.2, 0.25) is 11.8 Å². The second kappa shape index (κ2) is 15.0. The van der Waals surface area contributed by atoms with E-state index in [0.717, 1.165) is 0 Å². The Morgan fingerprint density at radius 3 is 2.25 bits per heavy atom. The Balaban J connectivity index is 1.30. The van der Waals surface area contributed by atoms with Gasteiger partial charge >= 0.3 is 6.09 Å². The third kappa shape index (κ3) is 8.10. The quantitative estimate of drug-likeness (QED) is 0.455. The van der Waals surface area contributed by atoms with Gasteiger partial charge in [-0.3, -0.25) is 19.4 Å². The van der Waals surface area contributed by atoms with Crippen LogP contribution < -0.4 is 9.64 Å². The molecule has 15 heteroatoms. The second-order valence-corrected chi connectivity index (χ2v) is 14.5. The van der Waals surface area contributed by atoms with E-state index in [4.69, 9.17) is 9.47 Å². The summed E-state index contributed by atoms with van der Waals surface area (Å²) >= 11 is 0. The minimum absolute atomic E-state index is 0.00924. The lowest BCUT2D eigenvalue weighted by Crippen LogP contribution is -2.65. The molecule has 3 fully saturated rings. The molecular weight excluding hydrogens is 669 g/mol. The van der Waals surface area contributed by atoms with Gasteiger partial charge < -0.3 is 29.3 Å². The Hall–Kier alpha value is -3.95. The van der Waals surface area contributed by atoms with E-state index in [1.54, 1.807) is 23.1 Å². The van der Waals surface area contributed by atoms with Crippen LogP contribution in [0.2, 0.25) is 0 Å². The third-order valence-electron chi connectivity index (χ3n) is 10.6. The molecule has 51 heavy (non-hydrogen) atoms. The Bertz CT molecular complexity index is 1590. The van der Waals surface area contributed by atoms with Crippen molar-refractivity contribution in [2.45, 2.75) is 83.1 Å². The molecule has 2 aromatic rings. The second-order valence-electron chi connectivity index (χ2n) is 14.5. The van der Waals surface area contributed by atoms with E-state index in [9.17, 15) is 32.7 Å². The van der Waals surface area contributed by atoms with E-state index >= 15 is 0 Å². The molecule has 0 spiro atoms. The molecule has 1 aromatic heterocycles. The summed E-state index contributed by atoms with van der Waals surface area (Å²) in [5.74, 6) is -3.91. The predicted octanol–water partition coefficient (Wildman–Crippen LogP) is 3.96. The van der Waals surface area contributed by atoms with Crippen molar-refractivity contribution in [3.8, 4) is 5.88 Å². The highest BCUT2D eigenvalue weighted by molar-refractivity contribution is 5.99. The number of likely N-dealkylation sites (tertiary alicyclic amines) is 1. The number of anilines is 1. The van der Waals surface area contributed by atoms with E-state index in [1.807, 2.05) is 13.8 Å². The third-order valence-corrected chi connectivity index (χ3v) is 10.6. The number of carboxylic acid groups (broad SMARTS) is 1. The highest BCUT2D eigenvalue weighted by Gasteiger charge is 2.41. The van der Waals surface area contributed by atoms with Gasteiger partial charge in [-0.1, -0.05) is 12.1 Å². The number of hydrogen-bond acceptors (Lipinski definition) is 8. The number of nitrogens with zero attached hydrogens (tertiary/aromatic N) is 6. The highest BCUT2D eigenvalue weighted by atomic mass is 19.3. The van der Waals surface area contributed by atoms with Gasteiger partial charge in [-0.2, -0.15) is 0 Å². The number of amides is 3. The summed E-state index contributed by atoms with van der Waals surface area (Å²) < 4.78 is 53.4. The highest BCUT2D eigenvalue weighted by Crippen LogP contribution is 2.37. The topological polar surface area (TPSA) is 119 Å². The maximum absolute atomic E-state index is 14.4. The molecule has 0 bridgehead atoms. The maximum Gasteiger partial charge on any atom is 0.407 e. The van der Waals surface area contributed by atoms with Crippen LogP contribution in [0, 0.1) is 5.82 Å². The smallest absolute Gasteiger partial charge is 0.407 e. The Labute approximate surface area is 296 Å². The first-order chi connectivity index (χ1) is 24.2. The van der Waals surface area contributed by atoms with Gasteiger partial charge in [0.05, 0.1) is 25.8 Å². The molecule has 278 valence electrons. The summed E-state index contributed by atoms with van der Waals surface area (Å²) in [5.41, 5.74) is 1.56. The van der Waals surface area contributed by atoms with Gasteiger partial charge in [0.25, 0.3) is 11.8 Å². The van der Waals surface area contributed by atoms with E-state index < -0.39 is 42.6 Å². The van der Waals surface area contributed by atoms with Crippen LogP contribution in [0.15, 0.2) is 30.3 Å². The Morgan fingerprint density at radius 2 is 1.61 bits per heavy atom. The summed E-state index contributed by atoms with van der Waals surface area (Å²) in [6.45, 7) is 10.0. The first-order valence-corrected chi connectivity index (χ1v) is 17.7. The van der Waals surface area contributed by atoms with Crippen LogP contribution in [-0.4, -0.2) is 143 Å². The van der Waals surface area contributed by atoms with Crippen molar-refractivity contribution >= 4 is 23.6 Å². The average Bonchev–Trinajstić information content (AvgIpc) is 3.07. The van der Waals surface area contributed by atoms with Gasteiger partial charge in [0, 0.05) is 69.7 Å². The zero-order valence-corrected chi connectivity index (χ0v) is 29.6. The van der Waals surface area contributed by atoms with Gasteiger partial charge in [-0.25, -0.2) is 22.9 Å². The molecule has 4 aliphatic heterocycles. The molecule has 5 heterocycles. The molecule has 3 saturated heterocycles. The number of piperidine rings is 1. The summed E-state index contributed by atoms with van der Waals surface area (Å²) in [4.78, 5) is 53.8. The largest absolute Gasteiger partial charge is 0.474 e. The molecule has 5 atom stereocenters. The number of ether oxygens (including phenoxy) is 2. The molecule has 4 aliphatic rings. The number of piperazine rings is 1. The minimum atomic E-state index is -2.84. The molecule has 3 amide bonds. The molecule has 12 nitrogen and oxygen atoms in total. The van der Waals surface area contributed by atoms with Crippen LogP contribution in [0.3, 0.4) is 0 Å². The lowest BCUT2D eigenvalue weighted by Gasteiger charge is -2.48. The summed E-state index contributed by atoms with van der Waals surface area (Å²) in [6, 6.07) is 6.78. The van der Waals surface area contributed by atoms with Crippen molar-refractivity contribution in [2.75, 3.05) is 64.0 Å². The van der Waals surface area contributed by atoms with Crippen LogP contribution in [-0.2, 0) is 16.0 Å². The van der Waals surface area contributed by atoms with Crippen molar-refractivity contribution in [3.63, 3.8) is 0 Å².